The van der Waals surface area contributed by atoms with Crippen molar-refractivity contribution in [1.82, 2.24) is 9.78 Å². The second-order valence-electron chi connectivity index (χ2n) is 3.03. The van der Waals surface area contributed by atoms with Gasteiger partial charge in [-0.3, -0.25) is 4.68 Å². The van der Waals surface area contributed by atoms with Crippen molar-refractivity contribution in [3.63, 3.8) is 0 Å². The first-order valence-electron chi connectivity index (χ1n) is 4.85. The highest BCUT2D eigenvalue weighted by Crippen LogP contribution is 2.23. The van der Waals surface area contributed by atoms with Crippen molar-refractivity contribution >= 4 is 15.9 Å². The Morgan fingerprint density at radius 1 is 1.50 bits per heavy atom. The van der Waals surface area contributed by atoms with Crippen LogP contribution < -0.4 is 0 Å². The van der Waals surface area contributed by atoms with Crippen molar-refractivity contribution in [2.45, 2.75) is 39.7 Å². The Balaban J connectivity index is 2.99. The second-order valence-corrected chi connectivity index (χ2v) is 3.83. The third-order valence-electron chi connectivity index (χ3n) is 2.17. The quantitative estimate of drug-likeness (QED) is 0.831. The van der Waals surface area contributed by atoms with Gasteiger partial charge < -0.3 is 0 Å². The number of nitrogens with zero attached hydrogens (tertiary/aromatic N) is 3. The lowest BCUT2D eigenvalue weighted by molar-refractivity contribution is 0.613. The molecule has 0 aromatic carbocycles. The first-order valence-corrected chi connectivity index (χ1v) is 5.64. The van der Waals surface area contributed by atoms with Gasteiger partial charge in [-0.15, -0.1) is 0 Å². The molecule has 0 aliphatic rings. The molecule has 76 valence electrons. The van der Waals surface area contributed by atoms with E-state index in [9.17, 15) is 0 Å². The lowest BCUT2D eigenvalue weighted by Crippen LogP contribution is -2.02. The summed E-state index contributed by atoms with van der Waals surface area (Å²) in [7, 11) is 0. The van der Waals surface area contributed by atoms with Crippen molar-refractivity contribution in [2.75, 3.05) is 0 Å². The number of rotatable bonds is 4. The van der Waals surface area contributed by atoms with Gasteiger partial charge in [0.25, 0.3) is 0 Å². The van der Waals surface area contributed by atoms with Crippen LogP contribution >= 0.6 is 15.9 Å². The Kier molecular flexibility index (Phi) is 4.15. The van der Waals surface area contributed by atoms with Gasteiger partial charge in [-0.05, 0) is 29.3 Å². The molecule has 1 heterocycles. The van der Waals surface area contributed by atoms with Gasteiger partial charge in [0, 0.05) is 19.4 Å². The minimum atomic E-state index is 0.549. The predicted molar refractivity (Wildman–Crippen MR) is 58.9 cm³/mol. The maximum Gasteiger partial charge on any atom is 0.0766 e. The Morgan fingerprint density at radius 2 is 2.21 bits per heavy atom. The van der Waals surface area contributed by atoms with Crippen LogP contribution in [0.1, 0.15) is 31.7 Å². The molecular formula is C10H14BrN3. The van der Waals surface area contributed by atoms with Crippen LogP contribution in [-0.2, 0) is 19.4 Å². The van der Waals surface area contributed by atoms with E-state index >= 15 is 0 Å². The molecular weight excluding hydrogens is 242 g/mol. The normalized spacial score (nSPS) is 10.1. The molecule has 0 spiro atoms. The summed E-state index contributed by atoms with van der Waals surface area (Å²) in [6.07, 6.45) is 2.25. The third-order valence-corrected chi connectivity index (χ3v) is 3.08. The zero-order valence-electron chi connectivity index (χ0n) is 8.55. The molecule has 0 bridgehead atoms. The fourth-order valence-corrected chi connectivity index (χ4v) is 2.19. The van der Waals surface area contributed by atoms with Gasteiger partial charge in [0.1, 0.15) is 0 Å². The van der Waals surface area contributed by atoms with Crippen molar-refractivity contribution in [3.8, 4) is 6.07 Å². The first-order chi connectivity index (χ1) is 6.74. The zero-order chi connectivity index (χ0) is 10.6. The molecule has 3 nitrogen and oxygen atoms in total. The van der Waals surface area contributed by atoms with E-state index in [1.54, 1.807) is 0 Å². The molecule has 0 atom stereocenters. The van der Waals surface area contributed by atoms with Crippen molar-refractivity contribution in [2.24, 2.45) is 0 Å². The van der Waals surface area contributed by atoms with Gasteiger partial charge in [-0.1, -0.05) is 6.92 Å². The molecule has 1 aromatic rings. The minimum absolute atomic E-state index is 0.549. The van der Waals surface area contributed by atoms with Crippen molar-refractivity contribution in [1.29, 1.82) is 5.26 Å². The lowest BCUT2D eigenvalue weighted by atomic mass is 10.2. The molecule has 0 saturated carbocycles. The standard InChI is InChI=1S/C10H14BrN3/c1-3-8-10(11)9(6-5-7-12)14(4-2)13-8/h3-6H2,1-2H3. The first kappa shape index (κ1) is 11.3. The molecule has 0 unspecified atom stereocenters. The third kappa shape index (κ3) is 2.16. The Bertz CT molecular complexity index is 349. The summed E-state index contributed by atoms with van der Waals surface area (Å²) in [6, 6.07) is 2.16. The minimum Gasteiger partial charge on any atom is -0.268 e. The van der Waals surface area contributed by atoms with E-state index in [2.05, 4.69) is 40.9 Å². The molecule has 1 rings (SSSR count). The van der Waals surface area contributed by atoms with E-state index < -0.39 is 0 Å². The van der Waals surface area contributed by atoms with Crippen LogP contribution in [0.25, 0.3) is 0 Å². The molecule has 14 heavy (non-hydrogen) atoms. The zero-order valence-corrected chi connectivity index (χ0v) is 10.1. The van der Waals surface area contributed by atoms with Gasteiger partial charge in [0.15, 0.2) is 0 Å². The van der Waals surface area contributed by atoms with Crippen LogP contribution in [0, 0.1) is 11.3 Å². The number of aromatic nitrogens is 2. The van der Waals surface area contributed by atoms with Crippen LogP contribution in [0.5, 0.6) is 0 Å². The van der Waals surface area contributed by atoms with E-state index in [1.165, 1.54) is 0 Å². The number of nitriles is 1. The van der Waals surface area contributed by atoms with Crippen LogP contribution in [-0.4, -0.2) is 9.78 Å². The van der Waals surface area contributed by atoms with E-state index in [1.807, 2.05) is 4.68 Å². The summed E-state index contributed by atoms with van der Waals surface area (Å²) >= 11 is 3.54. The maximum absolute atomic E-state index is 8.55. The van der Waals surface area contributed by atoms with Gasteiger partial charge in [0.2, 0.25) is 0 Å². The number of hydrogen-bond acceptors (Lipinski definition) is 2. The molecule has 0 aliphatic carbocycles. The molecule has 1 aromatic heterocycles. The van der Waals surface area contributed by atoms with Gasteiger partial charge >= 0.3 is 0 Å². The van der Waals surface area contributed by atoms with Crippen LogP contribution in [0.15, 0.2) is 4.47 Å². The van der Waals surface area contributed by atoms with E-state index in [0.717, 1.165) is 35.2 Å². The Hall–Kier alpha value is -0.820. The molecule has 0 radical (unpaired) electrons. The average Bonchev–Trinajstić information content (AvgIpc) is 2.52. The predicted octanol–water partition coefficient (Wildman–Crippen LogP) is 2.68. The van der Waals surface area contributed by atoms with Crippen molar-refractivity contribution < 1.29 is 0 Å². The van der Waals surface area contributed by atoms with Crippen LogP contribution in [0.4, 0.5) is 0 Å². The van der Waals surface area contributed by atoms with E-state index in [-0.39, 0.29) is 0 Å². The Labute approximate surface area is 92.9 Å². The molecule has 0 aliphatic heterocycles. The van der Waals surface area contributed by atoms with E-state index in [4.69, 9.17) is 5.26 Å². The fraction of sp³-hybridized carbons (Fsp3) is 0.600. The SMILES string of the molecule is CCc1nn(CC)c(CCC#N)c1Br. The van der Waals surface area contributed by atoms with Crippen LogP contribution in [0.3, 0.4) is 0 Å². The van der Waals surface area contributed by atoms with E-state index in [0.29, 0.717) is 6.42 Å². The fourth-order valence-electron chi connectivity index (χ4n) is 1.43. The summed E-state index contributed by atoms with van der Waals surface area (Å²) in [4.78, 5) is 0. The summed E-state index contributed by atoms with van der Waals surface area (Å²) in [5.41, 5.74) is 2.23. The molecule has 0 amide bonds. The largest absolute Gasteiger partial charge is 0.268 e. The molecule has 0 N–H and O–H groups in total. The average molecular weight is 256 g/mol. The van der Waals surface area contributed by atoms with Gasteiger partial charge in [-0.25, -0.2) is 0 Å². The Morgan fingerprint density at radius 3 is 2.71 bits per heavy atom. The highest BCUT2D eigenvalue weighted by Gasteiger charge is 2.12. The lowest BCUT2D eigenvalue weighted by Gasteiger charge is -2.01. The van der Waals surface area contributed by atoms with Crippen molar-refractivity contribution in [3.05, 3.63) is 15.9 Å². The number of halogens is 1. The molecule has 0 fully saturated rings. The topological polar surface area (TPSA) is 41.6 Å². The molecule has 0 saturated heterocycles. The summed E-state index contributed by atoms with van der Waals surface area (Å²) < 4.78 is 3.05. The summed E-state index contributed by atoms with van der Waals surface area (Å²) in [5.74, 6) is 0. The summed E-state index contributed by atoms with van der Waals surface area (Å²) in [6.45, 7) is 5.01. The highest BCUT2D eigenvalue weighted by atomic mass is 79.9. The maximum atomic E-state index is 8.55. The molecule has 4 heteroatoms. The second kappa shape index (κ2) is 5.16. The number of aryl methyl sites for hydroxylation is 2. The van der Waals surface area contributed by atoms with Gasteiger partial charge in [-0.2, -0.15) is 10.4 Å². The smallest absolute Gasteiger partial charge is 0.0766 e. The highest BCUT2D eigenvalue weighted by molar-refractivity contribution is 9.10. The summed E-state index contributed by atoms with van der Waals surface area (Å²) in [5, 5.41) is 13.0. The van der Waals surface area contributed by atoms with Crippen LogP contribution in [0.2, 0.25) is 0 Å². The monoisotopic (exact) mass is 255 g/mol. The van der Waals surface area contributed by atoms with Gasteiger partial charge in [0.05, 0.1) is 21.9 Å². The number of hydrogen-bond donors (Lipinski definition) is 0.